The van der Waals surface area contributed by atoms with E-state index in [9.17, 15) is 9.90 Å². The van der Waals surface area contributed by atoms with E-state index < -0.39 is 12.2 Å². The van der Waals surface area contributed by atoms with Crippen molar-refractivity contribution in [3.05, 3.63) is 18.3 Å². The van der Waals surface area contributed by atoms with Crippen LogP contribution in [0.2, 0.25) is 0 Å². The zero-order valence-electron chi connectivity index (χ0n) is 12.8. The third-order valence-electron chi connectivity index (χ3n) is 3.68. The van der Waals surface area contributed by atoms with E-state index in [1.165, 1.54) is 4.90 Å². The molecule has 0 radical (unpaired) electrons. The molecule has 6 nitrogen and oxygen atoms in total. The second-order valence-electron chi connectivity index (χ2n) is 5.17. The molecule has 21 heavy (non-hydrogen) atoms. The van der Waals surface area contributed by atoms with Crippen molar-refractivity contribution >= 4 is 11.7 Å². The van der Waals surface area contributed by atoms with E-state index in [0.29, 0.717) is 18.1 Å². The van der Waals surface area contributed by atoms with Crippen LogP contribution in [0.15, 0.2) is 18.3 Å². The molecular formula is C15H23N3O3. The van der Waals surface area contributed by atoms with Gasteiger partial charge >= 0.3 is 0 Å². The maximum absolute atomic E-state index is 12.3. The first-order chi connectivity index (χ1) is 10.1. The number of aromatic nitrogens is 1. The first-order valence-corrected chi connectivity index (χ1v) is 7.40. The molecule has 0 aliphatic carbocycles. The summed E-state index contributed by atoms with van der Waals surface area (Å²) in [6.45, 7) is 8.32. The average Bonchev–Trinajstić information content (AvgIpc) is 2.49. The molecule has 2 atom stereocenters. The van der Waals surface area contributed by atoms with Crippen LogP contribution < -0.4 is 9.64 Å². The maximum atomic E-state index is 12.3. The Bertz CT molecular complexity index is 491. The molecule has 1 aliphatic heterocycles. The van der Waals surface area contributed by atoms with Crippen LogP contribution >= 0.6 is 0 Å². The van der Waals surface area contributed by atoms with E-state index in [1.54, 1.807) is 25.3 Å². The molecule has 1 amide bonds. The minimum absolute atomic E-state index is 0.167. The second-order valence-corrected chi connectivity index (χ2v) is 5.17. The predicted octanol–water partition coefficient (Wildman–Crippen LogP) is 0.898. The van der Waals surface area contributed by atoms with Gasteiger partial charge in [0.2, 0.25) is 0 Å². The van der Waals surface area contributed by atoms with Crippen LogP contribution in [0, 0.1) is 0 Å². The molecule has 2 heterocycles. The summed E-state index contributed by atoms with van der Waals surface area (Å²) in [6, 6.07) is 3.56. The molecule has 2 rings (SSSR count). The molecule has 0 fully saturated rings. The smallest absolute Gasteiger partial charge is 0.269 e. The number of aliphatic hydroxyl groups is 1. The van der Waals surface area contributed by atoms with E-state index in [1.807, 2.05) is 0 Å². The van der Waals surface area contributed by atoms with E-state index in [2.05, 4.69) is 23.7 Å². The summed E-state index contributed by atoms with van der Waals surface area (Å²) in [7, 11) is 0. The predicted molar refractivity (Wildman–Crippen MR) is 80.5 cm³/mol. The lowest BCUT2D eigenvalue weighted by Gasteiger charge is -2.33. The number of likely N-dealkylation sites (N-methyl/N-ethyl adjacent to an activating group) is 1. The standard InChI is InChI=1S/C15H23N3O3/c1-4-17(5-2)9-12(19)10-18-14-13(7-6-8-16-14)21-11(3)15(18)20/h6-8,11-12,19H,4-5,9-10H2,1-3H3. The first-order valence-electron chi connectivity index (χ1n) is 7.40. The Kier molecular flexibility index (Phi) is 5.14. The Labute approximate surface area is 125 Å². The quantitative estimate of drug-likeness (QED) is 0.844. The topological polar surface area (TPSA) is 65.9 Å². The van der Waals surface area contributed by atoms with Crippen molar-refractivity contribution in [2.75, 3.05) is 31.1 Å². The number of nitrogens with zero attached hydrogens (tertiary/aromatic N) is 3. The minimum Gasteiger partial charge on any atom is -0.477 e. The van der Waals surface area contributed by atoms with Crippen molar-refractivity contribution < 1.29 is 14.6 Å². The highest BCUT2D eigenvalue weighted by Gasteiger charge is 2.33. The highest BCUT2D eigenvalue weighted by Crippen LogP contribution is 2.31. The Morgan fingerprint density at radius 1 is 1.48 bits per heavy atom. The van der Waals surface area contributed by atoms with E-state index >= 15 is 0 Å². The zero-order chi connectivity index (χ0) is 15.4. The fourth-order valence-corrected chi connectivity index (χ4v) is 2.47. The van der Waals surface area contributed by atoms with Gasteiger partial charge in [-0.3, -0.25) is 9.69 Å². The highest BCUT2D eigenvalue weighted by atomic mass is 16.5. The van der Waals surface area contributed by atoms with Crippen molar-refractivity contribution in [3.63, 3.8) is 0 Å². The number of hydrogen-bond donors (Lipinski definition) is 1. The van der Waals surface area contributed by atoms with Gasteiger partial charge in [-0.1, -0.05) is 13.8 Å². The number of hydrogen-bond acceptors (Lipinski definition) is 5. The number of ether oxygens (including phenoxy) is 1. The average molecular weight is 293 g/mol. The maximum Gasteiger partial charge on any atom is 0.269 e. The van der Waals surface area contributed by atoms with Gasteiger partial charge in [0.05, 0.1) is 12.6 Å². The number of rotatable bonds is 6. The van der Waals surface area contributed by atoms with Crippen LogP contribution in [-0.2, 0) is 4.79 Å². The van der Waals surface area contributed by atoms with E-state index in [-0.39, 0.29) is 12.5 Å². The van der Waals surface area contributed by atoms with Gasteiger partial charge < -0.3 is 14.7 Å². The number of amides is 1. The van der Waals surface area contributed by atoms with Gasteiger partial charge in [0.15, 0.2) is 17.7 Å². The Balaban J connectivity index is 2.12. The molecule has 1 aromatic rings. The van der Waals surface area contributed by atoms with Crippen LogP contribution in [0.1, 0.15) is 20.8 Å². The number of carbonyl (C=O) groups excluding carboxylic acids is 1. The Hall–Kier alpha value is -1.66. The number of β-amino-alcohol motifs (C(OH)–C–C–N with tert-alkyl or cyclic N) is 1. The summed E-state index contributed by atoms with van der Waals surface area (Å²) >= 11 is 0. The molecule has 116 valence electrons. The molecular weight excluding hydrogens is 270 g/mol. The lowest BCUT2D eigenvalue weighted by molar-refractivity contribution is -0.126. The van der Waals surface area contributed by atoms with Gasteiger partial charge in [-0.25, -0.2) is 4.98 Å². The third-order valence-corrected chi connectivity index (χ3v) is 3.68. The fraction of sp³-hybridized carbons (Fsp3) is 0.600. The number of carbonyl (C=O) groups is 1. The summed E-state index contributed by atoms with van der Waals surface area (Å²) in [5.74, 6) is 0.902. The molecule has 1 aromatic heterocycles. The SMILES string of the molecule is CCN(CC)CC(O)CN1C(=O)C(C)Oc2cccnc21. The van der Waals surface area contributed by atoms with Crippen LogP contribution in [0.3, 0.4) is 0 Å². The molecule has 0 bridgehead atoms. The van der Waals surface area contributed by atoms with Gasteiger partial charge in [0, 0.05) is 12.7 Å². The normalized spacial score (nSPS) is 19.4. The zero-order valence-corrected chi connectivity index (χ0v) is 12.8. The van der Waals surface area contributed by atoms with Crippen LogP contribution in [0.4, 0.5) is 5.82 Å². The number of fused-ring (bicyclic) bond motifs is 1. The summed E-state index contributed by atoms with van der Waals surface area (Å²) in [5, 5.41) is 10.3. The number of anilines is 1. The Morgan fingerprint density at radius 2 is 2.19 bits per heavy atom. The monoisotopic (exact) mass is 293 g/mol. The third kappa shape index (κ3) is 3.51. The molecule has 0 saturated carbocycles. The van der Waals surface area contributed by atoms with Crippen LogP contribution in [0.5, 0.6) is 5.75 Å². The van der Waals surface area contributed by atoms with Crippen molar-refractivity contribution in [1.82, 2.24) is 9.88 Å². The first kappa shape index (κ1) is 15.7. The van der Waals surface area contributed by atoms with Crippen LogP contribution in [0.25, 0.3) is 0 Å². The van der Waals surface area contributed by atoms with Gasteiger partial charge in [-0.05, 0) is 32.1 Å². The minimum atomic E-state index is -0.617. The summed E-state index contributed by atoms with van der Waals surface area (Å²) < 4.78 is 5.53. The van der Waals surface area contributed by atoms with Gasteiger partial charge in [0.1, 0.15) is 0 Å². The number of aliphatic hydroxyl groups excluding tert-OH is 1. The van der Waals surface area contributed by atoms with Crippen molar-refractivity contribution in [1.29, 1.82) is 0 Å². The number of pyridine rings is 1. The van der Waals surface area contributed by atoms with Crippen molar-refractivity contribution in [3.8, 4) is 5.75 Å². The summed E-state index contributed by atoms with van der Waals surface area (Å²) in [5.41, 5.74) is 0. The lowest BCUT2D eigenvalue weighted by Crippen LogP contribution is -2.49. The van der Waals surface area contributed by atoms with Gasteiger partial charge in [-0.2, -0.15) is 0 Å². The molecule has 1 N–H and O–H groups in total. The molecule has 0 saturated heterocycles. The summed E-state index contributed by atoms with van der Waals surface area (Å²) in [4.78, 5) is 20.1. The van der Waals surface area contributed by atoms with Gasteiger partial charge in [-0.15, -0.1) is 0 Å². The molecule has 6 heteroatoms. The largest absolute Gasteiger partial charge is 0.477 e. The van der Waals surface area contributed by atoms with Crippen molar-refractivity contribution in [2.45, 2.75) is 33.0 Å². The fourth-order valence-electron chi connectivity index (χ4n) is 2.47. The second kappa shape index (κ2) is 6.87. The molecule has 2 unspecified atom stereocenters. The molecule has 1 aliphatic rings. The Morgan fingerprint density at radius 3 is 2.86 bits per heavy atom. The van der Waals surface area contributed by atoms with Gasteiger partial charge in [0.25, 0.3) is 5.91 Å². The summed E-state index contributed by atoms with van der Waals surface area (Å²) in [6.07, 6.45) is 0.450. The highest BCUT2D eigenvalue weighted by molar-refractivity contribution is 5.98. The molecule has 0 spiro atoms. The lowest BCUT2D eigenvalue weighted by atomic mass is 10.2. The van der Waals surface area contributed by atoms with Crippen molar-refractivity contribution in [2.24, 2.45) is 0 Å². The van der Waals surface area contributed by atoms with E-state index in [0.717, 1.165) is 13.1 Å². The van der Waals surface area contributed by atoms with E-state index in [4.69, 9.17) is 4.74 Å². The molecule has 0 aromatic carbocycles. The van der Waals surface area contributed by atoms with Crippen LogP contribution in [-0.4, -0.2) is 59.3 Å².